The average Bonchev–Trinajstić information content (AvgIpc) is 2.65. The molecule has 0 radical (unpaired) electrons. The summed E-state index contributed by atoms with van der Waals surface area (Å²) in [5.74, 6) is -1.65. The molecule has 0 fully saturated rings. The third-order valence-corrected chi connectivity index (χ3v) is 4.44. The van der Waals surface area contributed by atoms with Gasteiger partial charge in [-0.3, -0.25) is 14.4 Å². The number of carbonyl (C=O) groups is 4. The summed E-state index contributed by atoms with van der Waals surface area (Å²) in [7, 11) is 2.69. The molecule has 9 nitrogen and oxygen atoms in total. The van der Waals surface area contributed by atoms with E-state index in [2.05, 4.69) is 15.4 Å². The Bertz CT molecular complexity index is 831. The molecule has 0 aliphatic heterocycles. The molecule has 0 saturated heterocycles. The lowest BCUT2D eigenvalue weighted by Crippen LogP contribution is -2.51. The smallest absolute Gasteiger partial charge is 0.408 e. The van der Waals surface area contributed by atoms with E-state index in [1.165, 1.54) is 26.0 Å². The Hall–Kier alpha value is -3.10. The first-order chi connectivity index (χ1) is 14.3. The average molecular weight is 436 g/mol. The molecule has 172 valence electrons. The first kappa shape index (κ1) is 25.9. The number of hydrogen-bond acceptors (Lipinski definition) is 6. The van der Waals surface area contributed by atoms with Crippen LogP contribution in [0.25, 0.3) is 0 Å². The molecule has 1 rings (SSSR count). The predicted molar refractivity (Wildman–Crippen MR) is 115 cm³/mol. The van der Waals surface area contributed by atoms with Crippen LogP contribution < -0.4 is 10.6 Å². The van der Waals surface area contributed by atoms with Gasteiger partial charge in [-0.25, -0.2) is 4.79 Å². The van der Waals surface area contributed by atoms with Crippen molar-refractivity contribution in [3.05, 3.63) is 34.9 Å². The molecule has 0 aliphatic rings. The van der Waals surface area contributed by atoms with Crippen molar-refractivity contribution >= 4 is 23.9 Å². The van der Waals surface area contributed by atoms with Crippen LogP contribution in [0, 0.1) is 13.8 Å². The summed E-state index contributed by atoms with van der Waals surface area (Å²) in [6.07, 6.45) is -0.736. The van der Waals surface area contributed by atoms with Crippen LogP contribution in [0.15, 0.2) is 18.2 Å². The second kappa shape index (κ2) is 10.8. The molecule has 0 spiro atoms. The number of hydrogen-bond donors (Lipinski definition) is 2. The summed E-state index contributed by atoms with van der Waals surface area (Å²) in [5, 5.41) is 4.99. The number of methoxy groups -OCH3 is 1. The van der Waals surface area contributed by atoms with Gasteiger partial charge in [0.2, 0.25) is 11.8 Å². The molecule has 3 amide bonds. The van der Waals surface area contributed by atoms with Gasteiger partial charge >= 0.3 is 12.1 Å². The fourth-order valence-electron chi connectivity index (χ4n) is 2.97. The summed E-state index contributed by atoms with van der Waals surface area (Å²) in [6, 6.07) is 3.55. The number of esters is 1. The Labute approximate surface area is 183 Å². The highest BCUT2D eigenvalue weighted by Gasteiger charge is 2.33. The number of carbonyl (C=O) groups excluding carboxylic acids is 4. The summed E-state index contributed by atoms with van der Waals surface area (Å²) in [5.41, 5.74) is 1.71. The lowest BCUT2D eigenvalue weighted by atomic mass is 9.97. The lowest BCUT2D eigenvalue weighted by Gasteiger charge is -2.31. The molecule has 31 heavy (non-hydrogen) atoms. The van der Waals surface area contributed by atoms with Crippen molar-refractivity contribution in [3.8, 4) is 0 Å². The summed E-state index contributed by atoms with van der Waals surface area (Å²) in [4.78, 5) is 50.7. The number of nitrogens with one attached hydrogen (secondary N) is 2. The van der Waals surface area contributed by atoms with Crippen molar-refractivity contribution in [3.63, 3.8) is 0 Å². The van der Waals surface area contributed by atoms with E-state index in [9.17, 15) is 19.2 Å². The SMILES string of the molecule is COC(=O)CNC(=O)C(c1ccc(C)cc1C)N(C)C(=O)C(C)NC(=O)OC(C)(C)C. The molecule has 2 atom stereocenters. The van der Waals surface area contributed by atoms with E-state index in [-0.39, 0.29) is 6.54 Å². The van der Waals surface area contributed by atoms with Crippen molar-refractivity contribution in [2.24, 2.45) is 0 Å². The summed E-state index contributed by atoms with van der Waals surface area (Å²) in [6.45, 7) is 10.1. The van der Waals surface area contributed by atoms with E-state index in [1.54, 1.807) is 26.8 Å². The van der Waals surface area contributed by atoms with Gasteiger partial charge < -0.3 is 25.0 Å². The third-order valence-electron chi connectivity index (χ3n) is 4.44. The Morgan fingerprint density at radius 2 is 1.74 bits per heavy atom. The van der Waals surface area contributed by atoms with Gasteiger partial charge in [0.25, 0.3) is 0 Å². The number of nitrogens with zero attached hydrogens (tertiary/aromatic N) is 1. The summed E-state index contributed by atoms with van der Waals surface area (Å²) < 4.78 is 9.75. The number of likely N-dealkylation sites (N-methyl/N-ethyl adjacent to an activating group) is 1. The molecule has 2 unspecified atom stereocenters. The second-order valence-electron chi connectivity index (χ2n) is 8.37. The van der Waals surface area contributed by atoms with E-state index in [0.717, 1.165) is 11.1 Å². The fourth-order valence-corrected chi connectivity index (χ4v) is 2.97. The zero-order chi connectivity index (χ0) is 23.9. The van der Waals surface area contributed by atoms with E-state index in [0.29, 0.717) is 5.56 Å². The highest BCUT2D eigenvalue weighted by atomic mass is 16.6. The van der Waals surface area contributed by atoms with E-state index in [4.69, 9.17) is 4.74 Å². The molecule has 1 aromatic rings. The maximum atomic E-state index is 13.0. The van der Waals surface area contributed by atoms with E-state index < -0.39 is 41.6 Å². The van der Waals surface area contributed by atoms with Gasteiger partial charge in [-0.15, -0.1) is 0 Å². The molecule has 0 aromatic heterocycles. The van der Waals surface area contributed by atoms with E-state index >= 15 is 0 Å². The standard InChI is InChI=1S/C22H33N3O6/c1-13-9-10-16(14(2)11-13)18(19(27)23-12-17(26)30-8)25(7)20(28)15(3)24-21(29)31-22(4,5)6/h9-11,15,18H,12H2,1-8H3,(H,23,27)(H,24,29). The first-order valence-electron chi connectivity index (χ1n) is 9.94. The van der Waals surface area contributed by atoms with Gasteiger partial charge in [-0.1, -0.05) is 23.8 Å². The molecular formula is C22H33N3O6. The maximum absolute atomic E-state index is 13.0. The minimum atomic E-state index is -1.01. The van der Waals surface area contributed by atoms with Crippen LogP contribution >= 0.6 is 0 Å². The van der Waals surface area contributed by atoms with Gasteiger partial charge in [0.05, 0.1) is 7.11 Å². The van der Waals surface area contributed by atoms with Crippen LogP contribution in [0.4, 0.5) is 4.79 Å². The van der Waals surface area contributed by atoms with Crippen molar-refractivity contribution in [1.29, 1.82) is 0 Å². The molecule has 0 aliphatic carbocycles. The number of alkyl carbamates (subject to hydrolysis) is 1. The van der Waals surface area contributed by atoms with Crippen LogP contribution in [-0.2, 0) is 23.9 Å². The van der Waals surface area contributed by atoms with Crippen LogP contribution in [-0.4, -0.2) is 61.1 Å². The number of aryl methyl sites for hydroxylation is 2. The molecule has 0 bridgehead atoms. The van der Waals surface area contributed by atoms with Gasteiger partial charge in [0, 0.05) is 7.05 Å². The van der Waals surface area contributed by atoms with Crippen LogP contribution in [0.5, 0.6) is 0 Å². The molecule has 1 aromatic carbocycles. The zero-order valence-corrected chi connectivity index (χ0v) is 19.5. The topological polar surface area (TPSA) is 114 Å². The highest BCUT2D eigenvalue weighted by molar-refractivity contribution is 5.93. The highest BCUT2D eigenvalue weighted by Crippen LogP contribution is 2.25. The molecule has 9 heteroatoms. The third kappa shape index (κ3) is 7.92. The molecule has 0 saturated carbocycles. The normalized spacial score (nSPS) is 12.9. The minimum absolute atomic E-state index is 0.329. The van der Waals surface area contributed by atoms with Crippen LogP contribution in [0.3, 0.4) is 0 Å². The number of rotatable bonds is 7. The fraction of sp³-hybridized carbons (Fsp3) is 0.545. The predicted octanol–water partition coefficient (Wildman–Crippen LogP) is 2.01. The van der Waals surface area contributed by atoms with Gasteiger partial charge in [0.15, 0.2) is 0 Å². The lowest BCUT2D eigenvalue weighted by molar-refractivity contribution is -0.143. The van der Waals surface area contributed by atoms with E-state index in [1.807, 2.05) is 26.0 Å². The van der Waals surface area contributed by atoms with Crippen molar-refractivity contribution in [2.75, 3.05) is 20.7 Å². The first-order valence-corrected chi connectivity index (χ1v) is 9.94. The Morgan fingerprint density at radius 1 is 1.13 bits per heavy atom. The Kier molecular flexibility index (Phi) is 9.02. The molecule has 0 heterocycles. The zero-order valence-electron chi connectivity index (χ0n) is 19.5. The van der Waals surface area contributed by atoms with Crippen molar-refractivity contribution in [2.45, 2.75) is 59.2 Å². The second-order valence-corrected chi connectivity index (χ2v) is 8.37. The Balaban J connectivity index is 3.13. The van der Waals surface area contributed by atoms with Crippen molar-refractivity contribution < 1.29 is 28.7 Å². The number of amides is 3. The molecular weight excluding hydrogens is 402 g/mol. The number of benzene rings is 1. The number of ether oxygens (including phenoxy) is 2. The van der Waals surface area contributed by atoms with Crippen LogP contribution in [0.1, 0.15) is 50.4 Å². The largest absolute Gasteiger partial charge is 0.468 e. The molecule has 2 N–H and O–H groups in total. The monoisotopic (exact) mass is 435 g/mol. The summed E-state index contributed by atoms with van der Waals surface area (Å²) >= 11 is 0. The van der Waals surface area contributed by atoms with Gasteiger partial charge in [-0.05, 0) is 52.7 Å². The maximum Gasteiger partial charge on any atom is 0.408 e. The Morgan fingerprint density at radius 3 is 2.26 bits per heavy atom. The van der Waals surface area contributed by atoms with Crippen LogP contribution in [0.2, 0.25) is 0 Å². The van der Waals surface area contributed by atoms with Gasteiger partial charge in [0.1, 0.15) is 24.2 Å². The quantitative estimate of drug-likeness (QED) is 0.633. The van der Waals surface area contributed by atoms with Crippen molar-refractivity contribution in [1.82, 2.24) is 15.5 Å². The van der Waals surface area contributed by atoms with Gasteiger partial charge in [-0.2, -0.15) is 0 Å². The minimum Gasteiger partial charge on any atom is -0.468 e.